The number of carbonyl (C=O) groups is 2. The van der Waals surface area contributed by atoms with Crippen LogP contribution in [-0.4, -0.2) is 54.8 Å². The predicted molar refractivity (Wildman–Crippen MR) is 105 cm³/mol. The summed E-state index contributed by atoms with van der Waals surface area (Å²) in [5, 5.41) is 3.23. The van der Waals surface area contributed by atoms with Crippen molar-refractivity contribution in [3.8, 4) is 0 Å². The number of rotatable bonds is 5. The lowest BCUT2D eigenvalue weighted by Gasteiger charge is -2.39. The fourth-order valence-electron chi connectivity index (χ4n) is 4.08. The van der Waals surface area contributed by atoms with E-state index in [1.165, 1.54) is 0 Å². The summed E-state index contributed by atoms with van der Waals surface area (Å²) < 4.78 is 0. The molecule has 1 aromatic rings. The fraction of sp³-hybridized carbons (Fsp3) is 0.600. The van der Waals surface area contributed by atoms with Gasteiger partial charge in [-0.3, -0.25) is 9.59 Å². The predicted octanol–water partition coefficient (Wildman–Crippen LogP) is 2.62. The largest absolute Gasteiger partial charge is 0.340 e. The van der Waals surface area contributed by atoms with Gasteiger partial charge >= 0.3 is 0 Å². The summed E-state index contributed by atoms with van der Waals surface area (Å²) in [5.41, 5.74) is 0.929. The minimum absolute atomic E-state index is 0. The van der Waals surface area contributed by atoms with E-state index in [9.17, 15) is 9.59 Å². The summed E-state index contributed by atoms with van der Waals surface area (Å²) in [7, 11) is 1.96. The Bertz CT molecular complexity index is 594. The molecule has 6 heteroatoms. The monoisotopic (exact) mass is 379 g/mol. The van der Waals surface area contributed by atoms with Gasteiger partial charge in [-0.2, -0.15) is 0 Å². The van der Waals surface area contributed by atoms with Crippen LogP contribution in [-0.2, 0) is 9.59 Å². The topological polar surface area (TPSA) is 52.7 Å². The third-order valence-electron chi connectivity index (χ3n) is 5.34. The molecule has 2 aliphatic rings. The van der Waals surface area contributed by atoms with E-state index in [4.69, 9.17) is 0 Å². The molecule has 2 heterocycles. The summed E-state index contributed by atoms with van der Waals surface area (Å²) >= 11 is 0. The maximum Gasteiger partial charge on any atom is 0.250 e. The molecule has 0 aromatic heterocycles. The van der Waals surface area contributed by atoms with Crippen molar-refractivity contribution in [2.75, 3.05) is 33.2 Å². The van der Waals surface area contributed by atoms with Crippen molar-refractivity contribution in [1.82, 2.24) is 15.1 Å². The molecule has 5 nitrogen and oxygen atoms in total. The number of nitrogens with one attached hydrogen (secondary N) is 1. The molecule has 1 N–H and O–H groups in total. The molecule has 2 fully saturated rings. The van der Waals surface area contributed by atoms with Crippen molar-refractivity contribution in [3.63, 3.8) is 0 Å². The van der Waals surface area contributed by atoms with E-state index in [-0.39, 0.29) is 24.2 Å². The highest BCUT2D eigenvalue weighted by atomic mass is 35.5. The van der Waals surface area contributed by atoms with Crippen molar-refractivity contribution in [1.29, 1.82) is 0 Å². The number of piperidine rings is 2. The first-order valence-electron chi connectivity index (χ1n) is 9.48. The van der Waals surface area contributed by atoms with Crippen LogP contribution in [0.25, 0.3) is 0 Å². The van der Waals surface area contributed by atoms with Gasteiger partial charge in [0.25, 0.3) is 0 Å². The third-order valence-corrected chi connectivity index (χ3v) is 5.34. The average Bonchev–Trinajstić information content (AvgIpc) is 2.65. The van der Waals surface area contributed by atoms with Gasteiger partial charge in [-0.1, -0.05) is 30.3 Å². The molecule has 1 aromatic carbocycles. The Balaban J connectivity index is 0.00000243. The maximum atomic E-state index is 13.4. The molecule has 3 rings (SSSR count). The lowest BCUT2D eigenvalue weighted by Crippen LogP contribution is -2.50. The van der Waals surface area contributed by atoms with Gasteiger partial charge in [0, 0.05) is 26.1 Å². The van der Waals surface area contributed by atoms with Gasteiger partial charge in [0.1, 0.15) is 6.04 Å². The van der Waals surface area contributed by atoms with Crippen LogP contribution in [0.5, 0.6) is 0 Å². The normalized spacial score (nSPS) is 21.9. The molecule has 144 valence electrons. The van der Waals surface area contributed by atoms with Gasteiger partial charge in [-0.25, -0.2) is 0 Å². The van der Waals surface area contributed by atoms with E-state index in [0.29, 0.717) is 18.9 Å². The van der Waals surface area contributed by atoms with Gasteiger partial charge in [0.05, 0.1) is 0 Å². The molecule has 2 atom stereocenters. The number of carbonyl (C=O) groups excluding carboxylic acids is 2. The van der Waals surface area contributed by atoms with Gasteiger partial charge in [-0.05, 0) is 50.8 Å². The first kappa shape index (κ1) is 20.7. The molecule has 2 saturated heterocycles. The average molecular weight is 380 g/mol. The smallest absolute Gasteiger partial charge is 0.250 e. The number of hydrogen-bond donors (Lipinski definition) is 1. The number of nitrogens with zero attached hydrogens (tertiary/aromatic N) is 2. The molecular weight excluding hydrogens is 350 g/mol. The second-order valence-electron chi connectivity index (χ2n) is 7.21. The number of halogens is 1. The highest BCUT2D eigenvalue weighted by Gasteiger charge is 2.36. The van der Waals surface area contributed by atoms with Crippen LogP contribution >= 0.6 is 12.4 Å². The van der Waals surface area contributed by atoms with Crippen molar-refractivity contribution in [3.05, 3.63) is 35.9 Å². The van der Waals surface area contributed by atoms with Crippen LogP contribution in [0.3, 0.4) is 0 Å². The van der Waals surface area contributed by atoms with Gasteiger partial charge in [0.15, 0.2) is 0 Å². The van der Waals surface area contributed by atoms with E-state index in [1.807, 2.05) is 47.2 Å². The van der Waals surface area contributed by atoms with E-state index in [1.54, 1.807) is 0 Å². The lowest BCUT2D eigenvalue weighted by atomic mass is 9.95. The van der Waals surface area contributed by atoms with E-state index in [2.05, 4.69) is 5.32 Å². The van der Waals surface area contributed by atoms with E-state index < -0.39 is 6.04 Å². The van der Waals surface area contributed by atoms with Crippen LogP contribution in [0, 0.1) is 5.92 Å². The van der Waals surface area contributed by atoms with Crippen molar-refractivity contribution < 1.29 is 9.59 Å². The minimum atomic E-state index is -0.470. The molecule has 2 unspecified atom stereocenters. The van der Waals surface area contributed by atoms with Crippen LogP contribution in [0.4, 0.5) is 0 Å². The summed E-state index contributed by atoms with van der Waals surface area (Å²) in [6, 6.07) is 9.32. The summed E-state index contributed by atoms with van der Waals surface area (Å²) in [4.78, 5) is 29.7. The van der Waals surface area contributed by atoms with Crippen molar-refractivity contribution >= 4 is 24.2 Å². The molecule has 26 heavy (non-hydrogen) atoms. The molecule has 0 radical (unpaired) electrons. The standard InChI is InChI=1S/C20H29N3O2.ClH/c1-21-14-16-8-7-12-22(15-16)20(25)19(17-9-3-2-4-10-17)23-13-6-5-11-18(23)24;/h2-4,9-10,16,19,21H,5-8,11-15H2,1H3;1H. The summed E-state index contributed by atoms with van der Waals surface area (Å²) in [6.07, 6.45) is 4.65. The molecule has 0 bridgehead atoms. The zero-order chi connectivity index (χ0) is 17.6. The Labute approximate surface area is 162 Å². The molecule has 2 aliphatic heterocycles. The molecule has 0 spiro atoms. The minimum Gasteiger partial charge on any atom is -0.340 e. The molecular formula is C20H30ClN3O2. The van der Waals surface area contributed by atoms with E-state index in [0.717, 1.165) is 50.9 Å². The quantitative estimate of drug-likeness (QED) is 0.855. The first-order chi connectivity index (χ1) is 12.2. The third kappa shape index (κ3) is 4.77. The lowest BCUT2D eigenvalue weighted by molar-refractivity contribution is -0.148. The van der Waals surface area contributed by atoms with Crippen LogP contribution in [0.2, 0.25) is 0 Å². The van der Waals surface area contributed by atoms with Crippen molar-refractivity contribution in [2.45, 2.75) is 38.1 Å². The Morgan fingerprint density at radius 2 is 1.96 bits per heavy atom. The van der Waals surface area contributed by atoms with Gasteiger partial charge in [-0.15, -0.1) is 12.4 Å². The molecule has 0 aliphatic carbocycles. The first-order valence-corrected chi connectivity index (χ1v) is 9.48. The SMILES string of the molecule is CNCC1CCCN(C(=O)C(c2ccccc2)N2CCCCC2=O)C1.Cl. The number of benzene rings is 1. The van der Waals surface area contributed by atoms with Gasteiger partial charge in [0.2, 0.25) is 11.8 Å². The summed E-state index contributed by atoms with van der Waals surface area (Å²) in [5.74, 6) is 0.690. The second kappa shape index (κ2) is 9.93. The number of likely N-dealkylation sites (tertiary alicyclic amines) is 2. The van der Waals surface area contributed by atoms with Crippen molar-refractivity contribution in [2.24, 2.45) is 5.92 Å². The molecule has 2 amide bonds. The summed E-state index contributed by atoms with van der Waals surface area (Å²) in [6.45, 7) is 3.19. The number of amides is 2. The Morgan fingerprint density at radius 1 is 1.19 bits per heavy atom. The highest BCUT2D eigenvalue weighted by molar-refractivity contribution is 5.89. The fourth-order valence-corrected chi connectivity index (χ4v) is 4.08. The van der Waals surface area contributed by atoms with Gasteiger partial charge < -0.3 is 15.1 Å². The maximum absolute atomic E-state index is 13.4. The number of hydrogen-bond acceptors (Lipinski definition) is 3. The highest BCUT2D eigenvalue weighted by Crippen LogP contribution is 2.29. The van der Waals surface area contributed by atoms with Crippen LogP contribution < -0.4 is 5.32 Å². The van der Waals surface area contributed by atoms with E-state index >= 15 is 0 Å². The zero-order valence-electron chi connectivity index (χ0n) is 15.5. The van der Waals surface area contributed by atoms with Crippen LogP contribution in [0.1, 0.15) is 43.7 Å². The Morgan fingerprint density at radius 3 is 2.65 bits per heavy atom. The molecule has 0 saturated carbocycles. The zero-order valence-corrected chi connectivity index (χ0v) is 16.3. The second-order valence-corrected chi connectivity index (χ2v) is 7.21. The Hall–Kier alpha value is -1.59. The van der Waals surface area contributed by atoms with Crippen LogP contribution in [0.15, 0.2) is 30.3 Å². The Kier molecular flexibility index (Phi) is 7.91.